The van der Waals surface area contributed by atoms with Crippen molar-refractivity contribution in [1.29, 1.82) is 0 Å². The van der Waals surface area contributed by atoms with Crippen molar-refractivity contribution in [3.05, 3.63) is 83.3 Å². The zero-order valence-corrected chi connectivity index (χ0v) is 18.8. The molecule has 2 aromatic carbocycles. The highest BCUT2D eigenvalue weighted by atomic mass is 35.5. The van der Waals surface area contributed by atoms with Crippen molar-refractivity contribution in [2.45, 2.75) is 20.3 Å². The number of fused-ring (bicyclic) bond motifs is 1. The van der Waals surface area contributed by atoms with E-state index in [0.29, 0.717) is 22.7 Å². The van der Waals surface area contributed by atoms with Gasteiger partial charge in [0, 0.05) is 48.5 Å². The van der Waals surface area contributed by atoms with Crippen LogP contribution in [0.15, 0.2) is 61.3 Å². The Kier molecular flexibility index (Phi) is 6.01. The Bertz CT molecular complexity index is 1160. The lowest BCUT2D eigenvalue weighted by atomic mass is 10.0. The van der Waals surface area contributed by atoms with Crippen molar-refractivity contribution in [1.82, 2.24) is 14.8 Å². The molecule has 0 N–H and O–H groups in total. The van der Waals surface area contributed by atoms with E-state index < -0.39 is 0 Å². The highest BCUT2D eigenvalue weighted by Crippen LogP contribution is 2.31. The molecular formula is C26H27ClFN3. The molecule has 2 heterocycles. The number of pyridine rings is 1. The Morgan fingerprint density at radius 1 is 1.03 bits per heavy atom. The number of rotatable bonds is 5. The van der Waals surface area contributed by atoms with Crippen molar-refractivity contribution < 1.29 is 4.39 Å². The van der Waals surface area contributed by atoms with Crippen LogP contribution < -0.4 is 0 Å². The molecule has 5 heteroatoms. The Morgan fingerprint density at radius 2 is 1.74 bits per heavy atom. The third-order valence-electron chi connectivity index (χ3n) is 6.02. The highest BCUT2D eigenvalue weighted by molar-refractivity contribution is 6.35. The minimum Gasteiger partial charge on any atom is -0.372 e. The number of hydrogen-bond donors (Lipinski definition) is 0. The zero-order chi connectivity index (χ0) is 22.1. The van der Waals surface area contributed by atoms with Crippen molar-refractivity contribution in [3.63, 3.8) is 0 Å². The fourth-order valence-corrected chi connectivity index (χ4v) is 4.31. The van der Waals surface area contributed by atoms with Crippen molar-refractivity contribution in [3.8, 4) is 11.3 Å². The second-order valence-electron chi connectivity index (χ2n) is 8.04. The molecule has 0 unspecified atom stereocenters. The number of allylic oxidation sites excluding steroid dienone is 1. The number of aromatic nitrogens is 1. The molecule has 4 rings (SSSR count). The average molecular weight is 436 g/mol. The lowest BCUT2D eigenvalue weighted by molar-refractivity contribution is 0.215. The molecule has 1 aliphatic heterocycles. The molecule has 1 fully saturated rings. The van der Waals surface area contributed by atoms with E-state index in [1.54, 1.807) is 6.07 Å². The van der Waals surface area contributed by atoms with Gasteiger partial charge in [0.2, 0.25) is 0 Å². The second kappa shape index (κ2) is 8.72. The molecule has 3 aromatic rings. The third kappa shape index (κ3) is 4.31. The van der Waals surface area contributed by atoms with Gasteiger partial charge in [0.1, 0.15) is 5.82 Å². The summed E-state index contributed by atoms with van der Waals surface area (Å²) in [6, 6.07) is 13.1. The van der Waals surface area contributed by atoms with Gasteiger partial charge in [0.25, 0.3) is 0 Å². The number of hydrogen-bond acceptors (Lipinski definition) is 3. The molecule has 0 amide bonds. The van der Waals surface area contributed by atoms with Gasteiger partial charge in [0.15, 0.2) is 0 Å². The van der Waals surface area contributed by atoms with Crippen LogP contribution in [-0.4, -0.2) is 41.0 Å². The van der Waals surface area contributed by atoms with Gasteiger partial charge in [-0.1, -0.05) is 55.9 Å². The summed E-state index contributed by atoms with van der Waals surface area (Å²) in [7, 11) is 0. The molecule has 0 bridgehead atoms. The van der Waals surface area contributed by atoms with Crippen LogP contribution in [0.3, 0.4) is 0 Å². The number of piperazine rings is 1. The second-order valence-corrected chi connectivity index (χ2v) is 8.44. The first kappa shape index (κ1) is 21.4. The Labute approximate surface area is 188 Å². The monoisotopic (exact) mass is 435 g/mol. The van der Waals surface area contributed by atoms with Crippen LogP contribution in [0.4, 0.5) is 4.39 Å². The number of nitrogens with zero attached hydrogens (tertiary/aromatic N) is 3. The molecule has 0 aliphatic carbocycles. The predicted molar refractivity (Wildman–Crippen MR) is 129 cm³/mol. The maximum Gasteiger partial charge on any atom is 0.127 e. The summed E-state index contributed by atoms with van der Waals surface area (Å²) < 4.78 is 14.3. The lowest BCUT2D eigenvalue weighted by Gasteiger charge is -2.38. The van der Waals surface area contributed by atoms with Gasteiger partial charge in [-0.15, -0.1) is 0 Å². The van der Waals surface area contributed by atoms with E-state index in [2.05, 4.69) is 23.0 Å². The highest BCUT2D eigenvalue weighted by Gasteiger charge is 2.19. The number of halogens is 2. The maximum absolute atomic E-state index is 14.3. The summed E-state index contributed by atoms with van der Waals surface area (Å²) in [5, 5.41) is 1.48. The first-order valence-electron chi connectivity index (χ1n) is 10.6. The van der Waals surface area contributed by atoms with E-state index in [1.807, 2.05) is 44.2 Å². The Balaban J connectivity index is 1.65. The van der Waals surface area contributed by atoms with E-state index in [9.17, 15) is 4.39 Å². The van der Waals surface area contributed by atoms with Gasteiger partial charge in [0.05, 0.1) is 16.2 Å². The molecular weight excluding hydrogens is 409 g/mol. The number of aryl methyl sites for hydroxylation is 1. The van der Waals surface area contributed by atoms with Gasteiger partial charge in [-0.2, -0.15) is 0 Å². The minimum atomic E-state index is -0.214. The largest absolute Gasteiger partial charge is 0.372 e. The number of benzene rings is 2. The van der Waals surface area contributed by atoms with Crippen LogP contribution in [0, 0.1) is 5.82 Å². The summed E-state index contributed by atoms with van der Waals surface area (Å²) in [6.07, 6.45) is 0.657. The van der Waals surface area contributed by atoms with Crippen molar-refractivity contribution in [2.24, 2.45) is 0 Å². The first-order chi connectivity index (χ1) is 14.9. The summed E-state index contributed by atoms with van der Waals surface area (Å²) in [5.74, 6) is -0.214. The quantitative estimate of drug-likeness (QED) is 0.463. The topological polar surface area (TPSA) is 19.4 Å². The summed E-state index contributed by atoms with van der Waals surface area (Å²) >= 11 is 6.56. The van der Waals surface area contributed by atoms with Gasteiger partial charge in [-0.05, 0) is 42.7 Å². The lowest BCUT2D eigenvalue weighted by Crippen LogP contribution is -2.44. The maximum atomic E-state index is 14.3. The van der Waals surface area contributed by atoms with Gasteiger partial charge >= 0.3 is 0 Å². The van der Waals surface area contributed by atoms with Crippen LogP contribution >= 0.6 is 11.6 Å². The van der Waals surface area contributed by atoms with Crippen LogP contribution in [0.25, 0.3) is 27.9 Å². The predicted octanol–water partition coefficient (Wildman–Crippen LogP) is 6.38. The van der Waals surface area contributed by atoms with Crippen LogP contribution in [-0.2, 0) is 6.42 Å². The average Bonchev–Trinajstić information content (AvgIpc) is 2.78. The van der Waals surface area contributed by atoms with E-state index in [0.717, 1.165) is 59.6 Å². The smallest absolute Gasteiger partial charge is 0.127 e. The Morgan fingerprint density at radius 3 is 2.39 bits per heavy atom. The van der Waals surface area contributed by atoms with Crippen LogP contribution in [0.2, 0.25) is 5.02 Å². The fourth-order valence-electron chi connectivity index (χ4n) is 4.05. The molecule has 1 saturated heterocycles. The van der Waals surface area contributed by atoms with Gasteiger partial charge in [-0.25, -0.2) is 9.37 Å². The standard InChI is InChI=1S/C26H27ClFN3/c1-5-19-6-7-21(14-24(19)28)25-16-23(27)22-9-8-20(15-26(22)29-25)18(4)31-12-10-30(11-13-31)17(2)3/h6-9,14-16H,2,4-5,10-13H2,1,3H3. The molecule has 0 saturated carbocycles. The molecule has 1 aromatic heterocycles. The Hall–Kier alpha value is -2.85. The van der Waals surface area contributed by atoms with Gasteiger partial charge in [-0.3, -0.25) is 0 Å². The van der Waals surface area contributed by atoms with Crippen molar-refractivity contribution >= 4 is 28.2 Å². The van der Waals surface area contributed by atoms with Gasteiger partial charge < -0.3 is 9.80 Å². The fraction of sp³-hybridized carbons (Fsp3) is 0.269. The molecule has 0 spiro atoms. The normalized spacial score (nSPS) is 14.2. The van der Waals surface area contributed by atoms with Crippen LogP contribution in [0.1, 0.15) is 25.0 Å². The minimum absolute atomic E-state index is 0.214. The van der Waals surface area contributed by atoms with Crippen molar-refractivity contribution in [2.75, 3.05) is 26.2 Å². The van der Waals surface area contributed by atoms with Crippen LogP contribution in [0.5, 0.6) is 0 Å². The SMILES string of the molecule is C=C(C)N1CCN(C(=C)c2ccc3c(Cl)cc(-c4ccc(CC)c(F)c4)nc3c2)CC1. The molecule has 3 nitrogen and oxygen atoms in total. The third-order valence-corrected chi connectivity index (χ3v) is 6.34. The molecule has 0 radical (unpaired) electrons. The van der Waals surface area contributed by atoms with E-state index in [1.165, 1.54) is 6.07 Å². The zero-order valence-electron chi connectivity index (χ0n) is 18.1. The van der Waals surface area contributed by atoms with E-state index in [-0.39, 0.29) is 5.82 Å². The van der Waals surface area contributed by atoms with E-state index >= 15 is 0 Å². The summed E-state index contributed by atoms with van der Waals surface area (Å²) in [6.45, 7) is 16.0. The molecule has 0 atom stereocenters. The van der Waals surface area contributed by atoms with E-state index in [4.69, 9.17) is 16.6 Å². The summed E-state index contributed by atoms with van der Waals surface area (Å²) in [5.41, 5.74) is 5.96. The summed E-state index contributed by atoms with van der Waals surface area (Å²) in [4.78, 5) is 9.38. The molecule has 31 heavy (non-hydrogen) atoms. The molecule has 1 aliphatic rings. The first-order valence-corrected chi connectivity index (χ1v) is 11.0. The molecule has 160 valence electrons.